The molecular weight excluding hydrogens is 230 g/mol. The van der Waals surface area contributed by atoms with Gasteiger partial charge in [-0.05, 0) is 37.5 Å². The van der Waals surface area contributed by atoms with E-state index in [-0.39, 0.29) is 0 Å². The molecule has 1 fully saturated rings. The van der Waals surface area contributed by atoms with Crippen LogP contribution in [0.15, 0.2) is 18.2 Å². The molecule has 0 aromatic heterocycles. The van der Waals surface area contributed by atoms with Crippen LogP contribution in [0.5, 0.6) is 5.75 Å². The number of hydrogen-bond donors (Lipinski definition) is 1. The second-order valence-corrected chi connectivity index (χ2v) is 5.12. The summed E-state index contributed by atoms with van der Waals surface area (Å²) in [6.45, 7) is 2.54. The number of benzene rings is 1. The summed E-state index contributed by atoms with van der Waals surface area (Å²) in [6.07, 6.45) is 1.53. The van der Waals surface area contributed by atoms with Crippen molar-refractivity contribution < 1.29 is 14.6 Å². The maximum atomic E-state index is 11.2. The molecule has 0 unspecified atom stereocenters. The number of aryl methyl sites for hydroxylation is 1. The molecule has 4 nitrogen and oxygen atoms in total. The number of nitrogens with zero attached hydrogens (tertiary/aromatic N) is 1. The van der Waals surface area contributed by atoms with Gasteiger partial charge in [-0.2, -0.15) is 0 Å². The highest BCUT2D eigenvalue weighted by Gasteiger charge is 2.51. The minimum absolute atomic E-state index is 0.530. The van der Waals surface area contributed by atoms with Gasteiger partial charge >= 0.3 is 5.97 Å². The van der Waals surface area contributed by atoms with Gasteiger partial charge in [-0.15, -0.1) is 0 Å². The van der Waals surface area contributed by atoms with Gasteiger partial charge in [0.15, 0.2) is 0 Å². The molecule has 1 N–H and O–H groups in total. The average Bonchev–Trinajstić information content (AvgIpc) is 3.10. The Bertz CT molecular complexity index is 466. The van der Waals surface area contributed by atoms with E-state index in [1.165, 1.54) is 0 Å². The van der Waals surface area contributed by atoms with Gasteiger partial charge in [0.05, 0.1) is 18.2 Å². The lowest BCUT2D eigenvalue weighted by Gasteiger charge is -2.25. The second-order valence-electron chi connectivity index (χ2n) is 5.12. The maximum absolute atomic E-state index is 11.2. The molecule has 0 heterocycles. The van der Waals surface area contributed by atoms with Crippen molar-refractivity contribution in [3.8, 4) is 5.75 Å². The lowest BCUT2D eigenvalue weighted by atomic mass is 10.1. The Balaban J connectivity index is 2.21. The van der Waals surface area contributed by atoms with E-state index in [1.807, 2.05) is 37.1 Å². The van der Waals surface area contributed by atoms with Crippen molar-refractivity contribution >= 4 is 11.7 Å². The third-order valence-corrected chi connectivity index (χ3v) is 3.59. The Morgan fingerprint density at radius 2 is 2.17 bits per heavy atom. The molecule has 0 amide bonds. The topological polar surface area (TPSA) is 49.8 Å². The number of ether oxygens (including phenoxy) is 1. The number of carboxylic acid groups (broad SMARTS) is 1. The third-order valence-electron chi connectivity index (χ3n) is 3.59. The van der Waals surface area contributed by atoms with Crippen molar-refractivity contribution in [3.63, 3.8) is 0 Å². The number of hydrogen-bond acceptors (Lipinski definition) is 3. The normalized spacial score (nSPS) is 16.2. The van der Waals surface area contributed by atoms with E-state index in [0.717, 1.165) is 29.8 Å². The first kappa shape index (κ1) is 12.7. The molecule has 0 atom stereocenters. The largest absolute Gasteiger partial charge is 0.495 e. The highest BCUT2D eigenvalue weighted by atomic mass is 16.5. The molecular formula is C14H19NO3. The van der Waals surface area contributed by atoms with Gasteiger partial charge in [0.2, 0.25) is 0 Å². The zero-order chi connectivity index (χ0) is 13.3. The van der Waals surface area contributed by atoms with Gasteiger partial charge in [0, 0.05) is 13.6 Å². The predicted molar refractivity (Wildman–Crippen MR) is 70.3 cm³/mol. The van der Waals surface area contributed by atoms with Crippen molar-refractivity contribution in [2.75, 3.05) is 25.6 Å². The molecule has 1 aliphatic rings. The molecule has 0 saturated heterocycles. The lowest BCUT2D eigenvalue weighted by molar-refractivity contribution is -0.142. The first-order chi connectivity index (χ1) is 8.48. The molecule has 18 heavy (non-hydrogen) atoms. The summed E-state index contributed by atoms with van der Waals surface area (Å²) in [5, 5.41) is 9.22. The zero-order valence-electron chi connectivity index (χ0n) is 11.1. The number of carboxylic acids is 1. The second kappa shape index (κ2) is 4.52. The fraction of sp³-hybridized carbons (Fsp3) is 0.500. The van der Waals surface area contributed by atoms with Crippen molar-refractivity contribution in [1.82, 2.24) is 0 Å². The fourth-order valence-electron chi connectivity index (χ4n) is 2.23. The summed E-state index contributed by atoms with van der Waals surface area (Å²) < 4.78 is 5.33. The lowest BCUT2D eigenvalue weighted by Crippen LogP contribution is -2.32. The van der Waals surface area contributed by atoms with Crippen molar-refractivity contribution in [3.05, 3.63) is 23.8 Å². The molecule has 4 heteroatoms. The van der Waals surface area contributed by atoms with E-state index in [4.69, 9.17) is 4.74 Å². The van der Waals surface area contributed by atoms with E-state index < -0.39 is 11.4 Å². The van der Waals surface area contributed by atoms with Crippen LogP contribution in [0.2, 0.25) is 0 Å². The van der Waals surface area contributed by atoms with Crippen LogP contribution in [0.3, 0.4) is 0 Å². The molecule has 2 rings (SSSR count). The Kier molecular flexibility index (Phi) is 3.20. The molecule has 1 saturated carbocycles. The molecule has 0 bridgehead atoms. The van der Waals surface area contributed by atoms with Gasteiger partial charge in [0.25, 0.3) is 0 Å². The number of aliphatic carboxylic acids is 1. The van der Waals surface area contributed by atoms with Crippen molar-refractivity contribution in [1.29, 1.82) is 0 Å². The standard InChI is InChI=1S/C14H19NO3/c1-10-4-5-12(18-3)11(8-10)15(2)9-14(6-7-14)13(16)17/h4-5,8H,6-7,9H2,1-3H3,(H,16,17). The molecule has 1 aliphatic carbocycles. The van der Waals surface area contributed by atoms with Crippen LogP contribution in [0.1, 0.15) is 18.4 Å². The monoisotopic (exact) mass is 249 g/mol. The van der Waals surface area contributed by atoms with Crippen LogP contribution in [0, 0.1) is 12.3 Å². The fourth-order valence-corrected chi connectivity index (χ4v) is 2.23. The summed E-state index contributed by atoms with van der Waals surface area (Å²) in [7, 11) is 3.55. The Morgan fingerprint density at radius 1 is 1.50 bits per heavy atom. The van der Waals surface area contributed by atoms with Gasteiger partial charge in [0.1, 0.15) is 5.75 Å². The van der Waals surface area contributed by atoms with Crippen LogP contribution in [-0.4, -0.2) is 31.8 Å². The predicted octanol–water partition coefficient (Wildman–Crippen LogP) is 2.30. The van der Waals surface area contributed by atoms with E-state index in [2.05, 4.69) is 0 Å². The smallest absolute Gasteiger partial charge is 0.311 e. The summed E-state index contributed by atoms with van der Waals surface area (Å²) in [5.74, 6) is 0.0882. The Morgan fingerprint density at radius 3 is 2.67 bits per heavy atom. The minimum atomic E-state index is -0.694. The van der Waals surface area contributed by atoms with E-state index >= 15 is 0 Å². The SMILES string of the molecule is COc1ccc(C)cc1N(C)CC1(C(=O)O)CC1. The van der Waals surface area contributed by atoms with Gasteiger partial charge < -0.3 is 14.7 Å². The molecule has 0 aliphatic heterocycles. The number of methoxy groups -OCH3 is 1. The van der Waals surface area contributed by atoms with Crippen LogP contribution in [0.4, 0.5) is 5.69 Å². The van der Waals surface area contributed by atoms with Gasteiger partial charge in [-0.25, -0.2) is 0 Å². The average molecular weight is 249 g/mol. The molecule has 98 valence electrons. The number of rotatable bonds is 5. The third kappa shape index (κ3) is 2.28. The number of carbonyl (C=O) groups is 1. The first-order valence-electron chi connectivity index (χ1n) is 6.08. The van der Waals surface area contributed by atoms with Crippen molar-refractivity contribution in [2.45, 2.75) is 19.8 Å². The highest BCUT2D eigenvalue weighted by molar-refractivity contribution is 5.79. The quantitative estimate of drug-likeness (QED) is 0.870. The van der Waals surface area contributed by atoms with Crippen molar-refractivity contribution in [2.24, 2.45) is 5.41 Å². The Hall–Kier alpha value is -1.71. The first-order valence-corrected chi connectivity index (χ1v) is 6.08. The van der Waals surface area contributed by atoms with E-state index in [1.54, 1.807) is 7.11 Å². The Labute approximate surface area is 107 Å². The van der Waals surface area contributed by atoms with Crippen LogP contribution < -0.4 is 9.64 Å². The van der Waals surface area contributed by atoms with Gasteiger partial charge in [-0.1, -0.05) is 6.07 Å². The summed E-state index contributed by atoms with van der Waals surface area (Å²) >= 11 is 0. The zero-order valence-corrected chi connectivity index (χ0v) is 11.1. The van der Waals surface area contributed by atoms with Crippen LogP contribution >= 0.6 is 0 Å². The summed E-state index contributed by atoms with van der Waals surface area (Å²) in [5.41, 5.74) is 1.53. The van der Waals surface area contributed by atoms with E-state index in [9.17, 15) is 9.90 Å². The molecule has 0 spiro atoms. The van der Waals surface area contributed by atoms with Gasteiger partial charge in [-0.3, -0.25) is 4.79 Å². The molecule has 1 aromatic carbocycles. The summed E-state index contributed by atoms with van der Waals surface area (Å²) in [6, 6.07) is 5.93. The molecule has 0 radical (unpaired) electrons. The van der Waals surface area contributed by atoms with E-state index in [0.29, 0.717) is 6.54 Å². The van der Waals surface area contributed by atoms with Crippen LogP contribution in [0.25, 0.3) is 0 Å². The number of anilines is 1. The maximum Gasteiger partial charge on any atom is 0.311 e. The minimum Gasteiger partial charge on any atom is -0.495 e. The highest BCUT2D eigenvalue weighted by Crippen LogP contribution is 2.47. The van der Waals surface area contributed by atoms with Crippen LogP contribution in [-0.2, 0) is 4.79 Å². The summed E-state index contributed by atoms with van der Waals surface area (Å²) in [4.78, 5) is 13.2. The molecule has 1 aromatic rings.